The number of fused-ring (bicyclic) bond motifs is 1. The lowest BCUT2D eigenvalue weighted by Crippen LogP contribution is -2.33. The topological polar surface area (TPSA) is 64.1 Å². The van der Waals surface area contributed by atoms with Gasteiger partial charge in [-0.15, -0.1) is 0 Å². The van der Waals surface area contributed by atoms with E-state index in [0.29, 0.717) is 13.0 Å². The summed E-state index contributed by atoms with van der Waals surface area (Å²) in [7, 11) is 1.91. The first-order valence-electron chi connectivity index (χ1n) is 5.23. The molecule has 3 N–H and O–H groups in total. The number of hydrogen-bond acceptors (Lipinski definition) is 3. The number of aryl methyl sites for hydroxylation is 1. The number of aromatic nitrogens is 2. The lowest BCUT2D eigenvalue weighted by Gasteiger charge is -2.32. The lowest BCUT2D eigenvalue weighted by molar-refractivity contribution is 0.0114. The summed E-state index contributed by atoms with van der Waals surface area (Å²) < 4.78 is 2.61. The molecule has 1 aliphatic rings. The molecule has 0 bridgehead atoms. The molecule has 2 rings (SSSR count). The van der Waals surface area contributed by atoms with Crippen LogP contribution >= 0.6 is 15.9 Å². The predicted octanol–water partition coefficient (Wildman–Crippen LogP) is 1.06. The fourth-order valence-electron chi connectivity index (χ4n) is 2.43. The van der Waals surface area contributed by atoms with Gasteiger partial charge in [0.25, 0.3) is 0 Å². The summed E-state index contributed by atoms with van der Waals surface area (Å²) in [5.41, 5.74) is 6.85. The summed E-state index contributed by atoms with van der Waals surface area (Å²) in [5.74, 6) is 0. The second-order valence-corrected chi connectivity index (χ2v) is 4.91. The molecule has 0 radical (unpaired) electrons. The summed E-state index contributed by atoms with van der Waals surface area (Å²) >= 11 is 3.42. The van der Waals surface area contributed by atoms with Gasteiger partial charge in [0.2, 0.25) is 0 Å². The SMILES string of the molecule is Cn1nc(Br)c2c1CCCC2(O)CCN. The number of halogens is 1. The van der Waals surface area contributed by atoms with Crippen molar-refractivity contribution in [2.45, 2.75) is 31.3 Å². The van der Waals surface area contributed by atoms with Gasteiger partial charge in [0.15, 0.2) is 0 Å². The maximum atomic E-state index is 10.6. The molecule has 4 nitrogen and oxygen atoms in total. The highest BCUT2D eigenvalue weighted by atomic mass is 79.9. The number of rotatable bonds is 2. The third kappa shape index (κ3) is 1.73. The minimum atomic E-state index is -0.782. The minimum Gasteiger partial charge on any atom is -0.385 e. The molecule has 0 fully saturated rings. The molecule has 84 valence electrons. The van der Waals surface area contributed by atoms with Crippen LogP contribution < -0.4 is 5.73 Å². The molecule has 15 heavy (non-hydrogen) atoms. The molecule has 1 aliphatic carbocycles. The van der Waals surface area contributed by atoms with E-state index in [-0.39, 0.29) is 0 Å². The van der Waals surface area contributed by atoms with Crippen LogP contribution in [0.25, 0.3) is 0 Å². The Morgan fingerprint density at radius 3 is 3.07 bits per heavy atom. The van der Waals surface area contributed by atoms with Crippen molar-refractivity contribution in [2.24, 2.45) is 12.8 Å². The monoisotopic (exact) mass is 273 g/mol. The van der Waals surface area contributed by atoms with Gasteiger partial charge >= 0.3 is 0 Å². The molecule has 0 aromatic carbocycles. The highest BCUT2D eigenvalue weighted by Gasteiger charge is 2.38. The van der Waals surface area contributed by atoms with Gasteiger partial charge in [-0.2, -0.15) is 5.10 Å². The second kappa shape index (κ2) is 3.88. The van der Waals surface area contributed by atoms with Crippen molar-refractivity contribution >= 4 is 15.9 Å². The first-order valence-corrected chi connectivity index (χ1v) is 6.02. The zero-order valence-corrected chi connectivity index (χ0v) is 10.4. The number of nitrogens with zero attached hydrogens (tertiary/aromatic N) is 2. The van der Waals surface area contributed by atoms with E-state index in [2.05, 4.69) is 21.0 Å². The summed E-state index contributed by atoms with van der Waals surface area (Å²) in [6.45, 7) is 0.497. The highest BCUT2D eigenvalue weighted by molar-refractivity contribution is 9.10. The predicted molar refractivity (Wildman–Crippen MR) is 61.4 cm³/mol. The van der Waals surface area contributed by atoms with Crippen LogP contribution in [-0.4, -0.2) is 21.4 Å². The van der Waals surface area contributed by atoms with E-state index in [4.69, 9.17) is 5.73 Å². The molecule has 5 heteroatoms. The summed E-state index contributed by atoms with van der Waals surface area (Å²) in [6, 6.07) is 0. The molecule has 0 saturated carbocycles. The zero-order chi connectivity index (χ0) is 11.1. The number of aliphatic hydroxyl groups is 1. The van der Waals surface area contributed by atoms with Crippen molar-refractivity contribution in [1.82, 2.24) is 9.78 Å². The molecule has 1 aromatic rings. The lowest BCUT2D eigenvalue weighted by atomic mass is 9.80. The Kier molecular flexibility index (Phi) is 2.87. The van der Waals surface area contributed by atoms with Gasteiger partial charge in [-0.25, -0.2) is 0 Å². The highest BCUT2D eigenvalue weighted by Crippen LogP contribution is 2.41. The molecule has 1 heterocycles. The van der Waals surface area contributed by atoms with E-state index < -0.39 is 5.60 Å². The molecule has 1 atom stereocenters. The van der Waals surface area contributed by atoms with Crippen LogP contribution in [-0.2, 0) is 19.1 Å². The Balaban J connectivity index is 2.50. The Bertz CT molecular complexity index is 377. The molecule has 0 amide bonds. The maximum Gasteiger partial charge on any atom is 0.134 e. The fraction of sp³-hybridized carbons (Fsp3) is 0.700. The summed E-state index contributed by atoms with van der Waals surface area (Å²) in [4.78, 5) is 0. The molecule has 1 aromatic heterocycles. The third-order valence-corrected chi connectivity index (χ3v) is 3.71. The van der Waals surface area contributed by atoms with Crippen LogP contribution in [0.1, 0.15) is 30.5 Å². The standard InChI is InChI=1S/C10H16BrN3O/c1-14-7-3-2-4-10(15,5-6-12)8(7)9(11)13-14/h15H,2-6,12H2,1H3. The van der Waals surface area contributed by atoms with Crippen LogP contribution in [0.4, 0.5) is 0 Å². The quantitative estimate of drug-likeness (QED) is 0.847. The van der Waals surface area contributed by atoms with Gasteiger partial charge in [-0.3, -0.25) is 4.68 Å². The van der Waals surface area contributed by atoms with E-state index in [9.17, 15) is 5.11 Å². The van der Waals surface area contributed by atoms with Crippen molar-refractivity contribution in [3.63, 3.8) is 0 Å². The van der Waals surface area contributed by atoms with Crippen molar-refractivity contribution in [2.75, 3.05) is 6.54 Å². The van der Waals surface area contributed by atoms with Gasteiger partial charge in [-0.05, 0) is 48.2 Å². The average Bonchev–Trinajstić information content (AvgIpc) is 2.44. The molecule has 0 aliphatic heterocycles. The molecule has 0 saturated heterocycles. The largest absolute Gasteiger partial charge is 0.385 e. The Hall–Kier alpha value is -0.390. The van der Waals surface area contributed by atoms with E-state index in [1.165, 1.54) is 0 Å². The van der Waals surface area contributed by atoms with Gasteiger partial charge in [0, 0.05) is 18.3 Å². The number of nitrogens with two attached hydrogens (primary N) is 1. The first-order chi connectivity index (χ1) is 7.08. The third-order valence-electron chi connectivity index (χ3n) is 3.15. The van der Waals surface area contributed by atoms with Gasteiger partial charge in [0.1, 0.15) is 4.60 Å². The normalized spacial score (nSPS) is 25.3. The van der Waals surface area contributed by atoms with Crippen molar-refractivity contribution in [3.05, 3.63) is 15.9 Å². The first kappa shape index (κ1) is 11.1. The van der Waals surface area contributed by atoms with Crippen LogP contribution in [0.5, 0.6) is 0 Å². The van der Waals surface area contributed by atoms with Crippen molar-refractivity contribution in [3.8, 4) is 0 Å². The van der Waals surface area contributed by atoms with E-state index in [0.717, 1.165) is 35.1 Å². The van der Waals surface area contributed by atoms with Crippen LogP contribution in [0.3, 0.4) is 0 Å². The minimum absolute atomic E-state index is 0.497. The van der Waals surface area contributed by atoms with Crippen LogP contribution in [0.2, 0.25) is 0 Å². The second-order valence-electron chi connectivity index (χ2n) is 4.16. The molecular formula is C10H16BrN3O. The van der Waals surface area contributed by atoms with E-state index >= 15 is 0 Å². The van der Waals surface area contributed by atoms with Crippen molar-refractivity contribution < 1.29 is 5.11 Å². The van der Waals surface area contributed by atoms with Crippen LogP contribution in [0.15, 0.2) is 4.60 Å². The number of hydrogen-bond donors (Lipinski definition) is 2. The van der Waals surface area contributed by atoms with Gasteiger partial charge in [0.05, 0.1) is 5.60 Å². The average molecular weight is 274 g/mol. The summed E-state index contributed by atoms with van der Waals surface area (Å²) in [5, 5.41) is 14.9. The van der Waals surface area contributed by atoms with Crippen molar-refractivity contribution in [1.29, 1.82) is 0 Å². The maximum absolute atomic E-state index is 10.6. The Morgan fingerprint density at radius 1 is 1.67 bits per heavy atom. The molecule has 0 spiro atoms. The van der Waals surface area contributed by atoms with Gasteiger partial charge in [-0.1, -0.05) is 0 Å². The smallest absolute Gasteiger partial charge is 0.134 e. The summed E-state index contributed by atoms with van der Waals surface area (Å²) in [6.07, 6.45) is 3.36. The molecular weight excluding hydrogens is 258 g/mol. The Labute approximate surface area is 97.6 Å². The van der Waals surface area contributed by atoms with E-state index in [1.807, 2.05) is 11.7 Å². The van der Waals surface area contributed by atoms with Crippen LogP contribution in [0, 0.1) is 0 Å². The molecule has 1 unspecified atom stereocenters. The fourth-order valence-corrected chi connectivity index (χ4v) is 3.27. The van der Waals surface area contributed by atoms with Gasteiger partial charge < -0.3 is 10.8 Å². The zero-order valence-electron chi connectivity index (χ0n) is 8.83. The van der Waals surface area contributed by atoms with E-state index in [1.54, 1.807) is 0 Å². The Morgan fingerprint density at radius 2 is 2.40 bits per heavy atom.